The van der Waals surface area contributed by atoms with Crippen LogP contribution in [0.25, 0.3) is 28.0 Å². The van der Waals surface area contributed by atoms with Crippen LogP contribution in [0.5, 0.6) is 0 Å². The summed E-state index contributed by atoms with van der Waals surface area (Å²) in [5.74, 6) is -0.122. The van der Waals surface area contributed by atoms with Crippen LogP contribution in [0.2, 0.25) is 0 Å². The molecule has 164 valence electrons. The van der Waals surface area contributed by atoms with Gasteiger partial charge in [0, 0.05) is 36.6 Å². The fourth-order valence-electron chi connectivity index (χ4n) is 4.00. The molecule has 0 fully saturated rings. The van der Waals surface area contributed by atoms with Gasteiger partial charge in [0.1, 0.15) is 0 Å². The molecule has 7 heteroatoms. The van der Waals surface area contributed by atoms with Gasteiger partial charge >= 0.3 is 0 Å². The molecule has 0 atom stereocenters. The molecule has 1 amide bonds. The average molecular weight is 438 g/mol. The van der Waals surface area contributed by atoms with Crippen LogP contribution < -0.4 is 0 Å². The first-order chi connectivity index (χ1) is 16.0. The maximum atomic E-state index is 13.5. The molecule has 7 nitrogen and oxygen atoms in total. The summed E-state index contributed by atoms with van der Waals surface area (Å²) < 4.78 is 7.16. The molecule has 0 radical (unpaired) electrons. The van der Waals surface area contributed by atoms with E-state index < -0.39 is 0 Å². The van der Waals surface area contributed by atoms with E-state index in [0.29, 0.717) is 34.6 Å². The highest BCUT2D eigenvalue weighted by Crippen LogP contribution is 2.27. The predicted octanol–water partition coefficient (Wildman–Crippen LogP) is 4.96. The second kappa shape index (κ2) is 8.35. The number of para-hydroxylation sites is 1. The lowest BCUT2D eigenvalue weighted by Gasteiger charge is -2.18. The zero-order valence-electron chi connectivity index (χ0n) is 18.7. The van der Waals surface area contributed by atoms with Gasteiger partial charge in [-0.2, -0.15) is 5.10 Å². The lowest BCUT2D eigenvalue weighted by atomic mass is 10.1. The summed E-state index contributed by atoms with van der Waals surface area (Å²) in [6.45, 7) is 4.05. The van der Waals surface area contributed by atoms with Gasteiger partial charge in [0.2, 0.25) is 0 Å². The number of carbonyl (C=O) groups is 1. The van der Waals surface area contributed by atoms with Crippen molar-refractivity contribution >= 4 is 17.0 Å². The fourth-order valence-corrected chi connectivity index (χ4v) is 4.00. The summed E-state index contributed by atoms with van der Waals surface area (Å²) in [5.41, 5.74) is 6.03. The quantitative estimate of drug-likeness (QED) is 0.388. The van der Waals surface area contributed by atoms with Crippen molar-refractivity contribution in [2.75, 3.05) is 7.05 Å². The number of carbonyl (C=O) groups excluding carboxylic acids is 1. The van der Waals surface area contributed by atoms with E-state index in [1.807, 2.05) is 85.4 Å². The van der Waals surface area contributed by atoms with Crippen molar-refractivity contribution in [2.24, 2.45) is 0 Å². The van der Waals surface area contributed by atoms with Crippen LogP contribution >= 0.6 is 0 Å². The molecule has 0 spiro atoms. The standard InChI is InChI=1S/C26H23N5O2/c1-17-14-22(23-18(2)29-33-25(23)27-17)26(32)30(3)15-20-16-31(21-12-8-5-9-13-21)28-24(20)19-10-6-4-7-11-19/h4-14,16H,15H2,1-3H3. The van der Waals surface area contributed by atoms with Gasteiger partial charge in [-0.25, -0.2) is 9.67 Å². The Hall–Kier alpha value is -4.26. The zero-order valence-corrected chi connectivity index (χ0v) is 18.7. The first kappa shape index (κ1) is 20.6. The second-order valence-corrected chi connectivity index (χ2v) is 8.07. The summed E-state index contributed by atoms with van der Waals surface area (Å²) in [6, 6.07) is 21.7. The van der Waals surface area contributed by atoms with Crippen LogP contribution in [0, 0.1) is 13.8 Å². The molecular weight excluding hydrogens is 414 g/mol. The molecule has 3 heterocycles. The minimum atomic E-state index is -0.122. The van der Waals surface area contributed by atoms with Crippen molar-refractivity contribution < 1.29 is 9.32 Å². The lowest BCUT2D eigenvalue weighted by molar-refractivity contribution is 0.0787. The molecule has 0 aliphatic carbocycles. The number of hydrogen-bond acceptors (Lipinski definition) is 5. The van der Waals surface area contributed by atoms with Gasteiger partial charge in [0.15, 0.2) is 0 Å². The molecule has 5 aromatic rings. The van der Waals surface area contributed by atoms with Gasteiger partial charge in [-0.05, 0) is 32.0 Å². The zero-order chi connectivity index (χ0) is 22.9. The molecule has 0 N–H and O–H groups in total. The Morgan fingerprint density at radius 3 is 2.45 bits per heavy atom. The number of benzene rings is 2. The molecule has 0 saturated heterocycles. The molecule has 0 saturated carbocycles. The lowest BCUT2D eigenvalue weighted by Crippen LogP contribution is -2.26. The highest BCUT2D eigenvalue weighted by atomic mass is 16.5. The molecule has 3 aromatic heterocycles. The van der Waals surface area contributed by atoms with Crippen LogP contribution in [-0.2, 0) is 6.54 Å². The third-order valence-corrected chi connectivity index (χ3v) is 5.59. The van der Waals surface area contributed by atoms with Crippen LogP contribution in [0.15, 0.2) is 77.4 Å². The Kier molecular flexibility index (Phi) is 5.22. The largest absolute Gasteiger partial charge is 0.337 e. The van der Waals surface area contributed by atoms with Crippen molar-refractivity contribution in [3.63, 3.8) is 0 Å². The Labute approximate surface area is 191 Å². The van der Waals surface area contributed by atoms with Crippen LogP contribution in [0.1, 0.15) is 27.3 Å². The number of hydrogen-bond donors (Lipinski definition) is 0. The SMILES string of the molecule is Cc1cc(C(=O)N(C)Cc2cn(-c3ccccc3)nc2-c2ccccc2)c2c(C)noc2n1. The van der Waals surface area contributed by atoms with E-state index in [1.54, 1.807) is 18.0 Å². The van der Waals surface area contributed by atoms with E-state index in [1.165, 1.54) is 0 Å². The second-order valence-electron chi connectivity index (χ2n) is 8.07. The van der Waals surface area contributed by atoms with Gasteiger partial charge < -0.3 is 9.42 Å². The van der Waals surface area contributed by atoms with Gasteiger partial charge in [-0.1, -0.05) is 53.7 Å². The maximum absolute atomic E-state index is 13.5. The van der Waals surface area contributed by atoms with Gasteiger partial charge in [-0.3, -0.25) is 4.79 Å². The summed E-state index contributed by atoms with van der Waals surface area (Å²) in [6.07, 6.45) is 1.99. The van der Waals surface area contributed by atoms with E-state index in [0.717, 1.165) is 22.5 Å². The minimum Gasteiger partial charge on any atom is -0.337 e. The van der Waals surface area contributed by atoms with Gasteiger partial charge in [0.25, 0.3) is 11.6 Å². The van der Waals surface area contributed by atoms with E-state index >= 15 is 0 Å². The molecule has 33 heavy (non-hydrogen) atoms. The fraction of sp³-hybridized carbons (Fsp3) is 0.154. The maximum Gasteiger partial charge on any atom is 0.258 e. The molecule has 0 bridgehead atoms. The first-order valence-electron chi connectivity index (χ1n) is 10.7. The Bertz CT molecular complexity index is 1440. The Morgan fingerprint density at radius 1 is 1.03 bits per heavy atom. The van der Waals surface area contributed by atoms with Gasteiger partial charge in [-0.15, -0.1) is 0 Å². The van der Waals surface area contributed by atoms with Crippen molar-refractivity contribution in [1.29, 1.82) is 0 Å². The number of fused-ring (bicyclic) bond motifs is 1. The van der Waals surface area contributed by atoms with Crippen molar-refractivity contribution in [3.8, 4) is 16.9 Å². The number of amides is 1. The van der Waals surface area contributed by atoms with Crippen molar-refractivity contribution in [2.45, 2.75) is 20.4 Å². The van der Waals surface area contributed by atoms with Crippen molar-refractivity contribution in [3.05, 3.63) is 95.4 Å². The summed E-state index contributed by atoms with van der Waals surface area (Å²) in [7, 11) is 1.79. The van der Waals surface area contributed by atoms with Crippen LogP contribution in [0.4, 0.5) is 0 Å². The van der Waals surface area contributed by atoms with Crippen molar-refractivity contribution in [1.82, 2.24) is 24.8 Å². The first-order valence-corrected chi connectivity index (χ1v) is 10.7. The predicted molar refractivity (Wildman–Crippen MR) is 126 cm³/mol. The van der Waals surface area contributed by atoms with Crippen LogP contribution in [-0.4, -0.2) is 37.8 Å². The Morgan fingerprint density at radius 2 is 1.73 bits per heavy atom. The third-order valence-electron chi connectivity index (χ3n) is 5.59. The number of nitrogens with zero attached hydrogens (tertiary/aromatic N) is 5. The highest BCUT2D eigenvalue weighted by molar-refractivity contribution is 6.05. The number of aromatic nitrogens is 4. The van der Waals surface area contributed by atoms with E-state index in [-0.39, 0.29) is 5.91 Å². The van der Waals surface area contributed by atoms with Gasteiger partial charge in [0.05, 0.1) is 28.0 Å². The topological polar surface area (TPSA) is 77.0 Å². The number of aryl methyl sites for hydroxylation is 2. The average Bonchev–Trinajstić information content (AvgIpc) is 3.43. The monoisotopic (exact) mass is 437 g/mol. The minimum absolute atomic E-state index is 0.122. The van der Waals surface area contributed by atoms with E-state index in [2.05, 4.69) is 10.1 Å². The molecule has 0 unspecified atom stereocenters. The summed E-state index contributed by atoms with van der Waals surface area (Å²) >= 11 is 0. The number of pyridine rings is 1. The molecular formula is C26H23N5O2. The number of rotatable bonds is 5. The molecule has 2 aromatic carbocycles. The van der Waals surface area contributed by atoms with E-state index in [9.17, 15) is 4.79 Å². The van der Waals surface area contributed by atoms with E-state index in [4.69, 9.17) is 9.62 Å². The summed E-state index contributed by atoms with van der Waals surface area (Å²) in [5, 5.41) is 9.50. The molecule has 0 aliphatic rings. The third kappa shape index (κ3) is 3.89. The summed E-state index contributed by atoms with van der Waals surface area (Å²) in [4.78, 5) is 19.5. The smallest absolute Gasteiger partial charge is 0.258 e. The highest BCUT2D eigenvalue weighted by Gasteiger charge is 2.22. The molecule has 0 aliphatic heterocycles. The normalized spacial score (nSPS) is 11.1. The molecule has 5 rings (SSSR count). The Balaban J connectivity index is 1.53. The van der Waals surface area contributed by atoms with Crippen LogP contribution in [0.3, 0.4) is 0 Å².